The van der Waals surface area contributed by atoms with Gasteiger partial charge >= 0.3 is 5.97 Å². The van der Waals surface area contributed by atoms with Crippen LogP contribution in [0.1, 0.15) is 40.5 Å². The minimum absolute atomic E-state index is 0.0109. The van der Waals surface area contributed by atoms with Crippen LogP contribution in [0.15, 0.2) is 30.5 Å². The van der Waals surface area contributed by atoms with E-state index in [9.17, 15) is 19.5 Å². The highest BCUT2D eigenvalue weighted by atomic mass is 16.5. The van der Waals surface area contributed by atoms with Gasteiger partial charge in [0.1, 0.15) is 11.4 Å². The zero-order valence-electron chi connectivity index (χ0n) is 14.9. The standard InChI is InChI=1S/C19H19N3O5/c1-10(23)13-9-20-16(22-18(24)11-6-7-11)8-15(13)21-14-5-3-4-12(19(25)26)17(14)27-2/h3-5,8-9,11H,6-7H2,1-2H3,(H,25,26)(H2,20,21,22,24). The van der Waals surface area contributed by atoms with Crippen LogP contribution in [0.2, 0.25) is 0 Å². The molecular formula is C19H19N3O5. The summed E-state index contributed by atoms with van der Waals surface area (Å²) in [6, 6.07) is 6.17. The third-order valence-electron chi connectivity index (χ3n) is 4.20. The van der Waals surface area contributed by atoms with Gasteiger partial charge in [-0.25, -0.2) is 9.78 Å². The molecule has 1 heterocycles. The summed E-state index contributed by atoms with van der Waals surface area (Å²) in [5.41, 5.74) is 1.07. The molecule has 0 spiro atoms. The van der Waals surface area contributed by atoms with Crippen LogP contribution < -0.4 is 15.4 Å². The first kappa shape index (κ1) is 18.4. The van der Waals surface area contributed by atoms with E-state index in [4.69, 9.17) is 4.74 Å². The lowest BCUT2D eigenvalue weighted by molar-refractivity contribution is -0.117. The molecule has 8 nitrogen and oxygen atoms in total. The number of hydrogen-bond donors (Lipinski definition) is 3. The normalized spacial score (nSPS) is 13.0. The molecule has 0 bridgehead atoms. The van der Waals surface area contributed by atoms with E-state index in [1.165, 1.54) is 26.3 Å². The van der Waals surface area contributed by atoms with Gasteiger partial charge in [0.2, 0.25) is 5.91 Å². The van der Waals surface area contributed by atoms with E-state index in [0.717, 1.165) is 12.8 Å². The van der Waals surface area contributed by atoms with E-state index in [-0.39, 0.29) is 28.9 Å². The summed E-state index contributed by atoms with van der Waals surface area (Å²) in [4.78, 5) is 39.4. The highest BCUT2D eigenvalue weighted by Gasteiger charge is 2.30. The number of ketones is 1. The highest BCUT2D eigenvalue weighted by Crippen LogP contribution is 2.34. The molecule has 3 rings (SSSR count). The highest BCUT2D eigenvalue weighted by molar-refractivity contribution is 6.02. The first-order chi connectivity index (χ1) is 12.9. The molecule has 8 heteroatoms. The second-order valence-corrected chi connectivity index (χ2v) is 6.25. The fourth-order valence-corrected chi connectivity index (χ4v) is 2.65. The van der Waals surface area contributed by atoms with Crippen molar-refractivity contribution in [2.45, 2.75) is 19.8 Å². The molecule has 1 aliphatic carbocycles. The molecule has 0 aliphatic heterocycles. The van der Waals surface area contributed by atoms with Crippen LogP contribution in [-0.4, -0.2) is 34.9 Å². The van der Waals surface area contributed by atoms with Crippen LogP contribution in [0.5, 0.6) is 5.75 Å². The summed E-state index contributed by atoms with van der Waals surface area (Å²) in [5, 5.41) is 15.1. The predicted octanol–water partition coefficient (Wildman–Crippen LogP) is 3.08. The first-order valence-corrected chi connectivity index (χ1v) is 8.40. The molecule has 140 valence electrons. The number of para-hydroxylation sites is 1. The molecule has 2 aromatic rings. The second-order valence-electron chi connectivity index (χ2n) is 6.25. The Hall–Kier alpha value is -3.42. The van der Waals surface area contributed by atoms with E-state index in [1.54, 1.807) is 18.2 Å². The molecule has 1 aromatic carbocycles. The number of aromatic carboxylic acids is 1. The number of rotatable bonds is 7. The van der Waals surface area contributed by atoms with E-state index >= 15 is 0 Å². The molecule has 1 amide bonds. The van der Waals surface area contributed by atoms with Gasteiger partial charge in [-0.15, -0.1) is 0 Å². The Balaban J connectivity index is 1.97. The third kappa shape index (κ3) is 4.05. The van der Waals surface area contributed by atoms with Gasteiger partial charge in [-0.1, -0.05) is 6.07 Å². The van der Waals surface area contributed by atoms with Crippen molar-refractivity contribution in [3.8, 4) is 5.75 Å². The number of hydrogen-bond acceptors (Lipinski definition) is 6. The van der Waals surface area contributed by atoms with E-state index < -0.39 is 5.97 Å². The number of Topliss-reactive ketones (excluding diaryl/α,β-unsaturated/α-hetero) is 1. The molecule has 0 atom stereocenters. The Bertz CT molecular complexity index is 922. The number of nitrogens with zero attached hydrogens (tertiary/aromatic N) is 1. The van der Waals surface area contributed by atoms with Crippen molar-refractivity contribution in [1.82, 2.24) is 4.98 Å². The van der Waals surface area contributed by atoms with E-state index in [0.29, 0.717) is 22.8 Å². The summed E-state index contributed by atoms with van der Waals surface area (Å²) in [5.74, 6) is -0.988. The number of anilines is 3. The van der Waals surface area contributed by atoms with Crippen LogP contribution in [0.25, 0.3) is 0 Å². The number of benzene rings is 1. The van der Waals surface area contributed by atoms with Crippen molar-refractivity contribution in [3.63, 3.8) is 0 Å². The fourth-order valence-electron chi connectivity index (χ4n) is 2.65. The zero-order valence-corrected chi connectivity index (χ0v) is 14.9. The van der Waals surface area contributed by atoms with Crippen molar-refractivity contribution in [2.24, 2.45) is 5.92 Å². The first-order valence-electron chi connectivity index (χ1n) is 8.40. The molecule has 1 aliphatic rings. The van der Waals surface area contributed by atoms with Crippen LogP contribution in [-0.2, 0) is 4.79 Å². The Morgan fingerprint density at radius 3 is 2.52 bits per heavy atom. The fraction of sp³-hybridized carbons (Fsp3) is 0.263. The number of carbonyl (C=O) groups excluding carboxylic acids is 2. The molecular weight excluding hydrogens is 350 g/mol. The summed E-state index contributed by atoms with van der Waals surface area (Å²) >= 11 is 0. The van der Waals surface area contributed by atoms with Crippen LogP contribution in [0.3, 0.4) is 0 Å². The number of aromatic nitrogens is 1. The minimum Gasteiger partial charge on any atom is -0.494 e. The SMILES string of the molecule is COc1c(Nc2cc(NC(=O)C3CC3)ncc2C(C)=O)cccc1C(=O)O. The van der Waals surface area contributed by atoms with Crippen molar-refractivity contribution >= 4 is 34.9 Å². The van der Waals surface area contributed by atoms with Gasteiger partial charge in [-0.3, -0.25) is 9.59 Å². The Kier molecular flexibility index (Phi) is 5.07. The van der Waals surface area contributed by atoms with Gasteiger partial charge in [0.25, 0.3) is 0 Å². The molecule has 3 N–H and O–H groups in total. The number of ether oxygens (including phenoxy) is 1. The Morgan fingerprint density at radius 1 is 1.19 bits per heavy atom. The summed E-state index contributed by atoms with van der Waals surface area (Å²) < 4.78 is 5.23. The quantitative estimate of drug-likeness (QED) is 0.642. The topological polar surface area (TPSA) is 118 Å². The second kappa shape index (κ2) is 7.45. The third-order valence-corrected chi connectivity index (χ3v) is 4.20. The van der Waals surface area contributed by atoms with E-state index in [2.05, 4.69) is 15.6 Å². The molecule has 0 saturated heterocycles. The Labute approximate surface area is 155 Å². The molecule has 0 unspecified atom stereocenters. The van der Waals surface area contributed by atoms with Gasteiger partial charge in [-0.2, -0.15) is 0 Å². The summed E-state index contributed by atoms with van der Waals surface area (Å²) in [6.45, 7) is 1.40. The average molecular weight is 369 g/mol. The van der Waals surface area contributed by atoms with Crippen LogP contribution in [0, 0.1) is 5.92 Å². The Morgan fingerprint density at radius 2 is 1.93 bits per heavy atom. The average Bonchev–Trinajstić information content (AvgIpc) is 3.46. The molecule has 1 fully saturated rings. The van der Waals surface area contributed by atoms with E-state index in [1.807, 2.05) is 0 Å². The van der Waals surface area contributed by atoms with Crippen LogP contribution >= 0.6 is 0 Å². The molecule has 1 aromatic heterocycles. The minimum atomic E-state index is -1.13. The zero-order chi connectivity index (χ0) is 19.6. The monoisotopic (exact) mass is 369 g/mol. The lowest BCUT2D eigenvalue weighted by atomic mass is 10.1. The number of carboxylic acids is 1. The van der Waals surface area contributed by atoms with Gasteiger partial charge in [-0.05, 0) is 31.9 Å². The maximum absolute atomic E-state index is 12.0. The number of pyridine rings is 1. The molecule has 1 saturated carbocycles. The maximum Gasteiger partial charge on any atom is 0.339 e. The molecule has 0 radical (unpaired) electrons. The van der Waals surface area contributed by atoms with Crippen LogP contribution in [0.4, 0.5) is 17.2 Å². The number of nitrogens with one attached hydrogen (secondary N) is 2. The lowest BCUT2D eigenvalue weighted by Crippen LogP contribution is -2.15. The molecule has 27 heavy (non-hydrogen) atoms. The number of carbonyl (C=O) groups is 3. The lowest BCUT2D eigenvalue weighted by Gasteiger charge is -2.16. The summed E-state index contributed by atoms with van der Waals surface area (Å²) in [7, 11) is 1.37. The largest absolute Gasteiger partial charge is 0.494 e. The predicted molar refractivity (Wildman–Crippen MR) is 98.8 cm³/mol. The van der Waals surface area contributed by atoms with Crippen molar-refractivity contribution in [2.75, 3.05) is 17.7 Å². The maximum atomic E-state index is 12.0. The van der Waals surface area contributed by atoms with Gasteiger partial charge in [0.15, 0.2) is 11.5 Å². The van der Waals surface area contributed by atoms with Gasteiger partial charge in [0.05, 0.1) is 24.0 Å². The van der Waals surface area contributed by atoms with Gasteiger partial charge < -0.3 is 20.5 Å². The van der Waals surface area contributed by atoms with Crippen molar-refractivity contribution in [1.29, 1.82) is 0 Å². The van der Waals surface area contributed by atoms with Gasteiger partial charge in [0, 0.05) is 18.2 Å². The number of carboxylic acid groups (broad SMARTS) is 1. The van der Waals surface area contributed by atoms with Crippen molar-refractivity contribution in [3.05, 3.63) is 41.6 Å². The number of amides is 1. The smallest absolute Gasteiger partial charge is 0.339 e. The summed E-state index contributed by atoms with van der Waals surface area (Å²) in [6.07, 6.45) is 3.10. The van der Waals surface area contributed by atoms with Crippen molar-refractivity contribution < 1.29 is 24.2 Å². The number of methoxy groups -OCH3 is 1.